The van der Waals surface area contributed by atoms with Crippen LogP contribution in [0.15, 0.2) is 18.2 Å². The average Bonchev–Trinajstić information content (AvgIpc) is 2.45. The summed E-state index contributed by atoms with van der Waals surface area (Å²) >= 11 is 0. The number of unbranched alkanes of at least 4 members (excludes halogenated alkanes) is 1. The third-order valence-electron chi connectivity index (χ3n) is 3.42. The van der Waals surface area contributed by atoms with Crippen molar-refractivity contribution in [2.45, 2.75) is 26.2 Å². The van der Waals surface area contributed by atoms with Crippen molar-refractivity contribution in [2.75, 3.05) is 25.5 Å². The molecule has 1 saturated heterocycles. The molecule has 1 aromatic rings. The highest BCUT2D eigenvalue weighted by Gasteiger charge is 2.18. The molecule has 1 aliphatic rings. The lowest BCUT2D eigenvalue weighted by Gasteiger charge is -2.23. The first-order valence-corrected chi connectivity index (χ1v) is 8.62. The molecule has 1 heterocycles. The van der Waals surface area contributed by atoms with Crippen LogP contribution in [0, 0.1) is 0 Å². The molecule has 3 nitrogen and oxygen atoms in total. The van der Waals surface area contributed by atoms with Crippen LogP contribution >= 0.6 is 7.92 Å². The zero-order valence-electron chi connectivity index (χ0n) is 11.4. The lowest BCUT2D eigenvalue weighted by molar-refractivity contribution is 0.0977. The van der Waals surface area contributed by atoms with Crippen LogP contribution in [-0.2, 0) is 4.74 Å². The molecule has 1 N–H and O–H groups in total. The van der Waals surface area contributed by atoms with Crippen molar-refractivity contribution in [2.24, 2.45) is 0 Å². The van der Waals surface area contributed by atoms with E-state index in [9.17, 15) is 9.90 Å². The van der Waals surface area contributed by atoms with Crippen LogP contribution in [0.25, 0.3) is 0 Å². The molecule has 1 fully saturated rings. The molecule has 4 heteroatoms. The summed E-state index contributed by atoms with van der Waals surface area (Å²) in [6.07, 6.45) is 4.50. The minimum Gasteiger partial charge on any atom is -0.507 e. The number of carbonyl (C=O) groups is 1. The number of carbonyl (C=O) groups excluding carboxylic acids is 1. The molecule has 1 aromatic carbocycles. The van der Waals surface area contributed by atoms with Crippen LogP contribution in [0.5, 0.6) is 5.75 Å². The van der Waals surface area contributed by atoms with Crippen LogP contribution in [-0.4, -0.2) is 36.4 Å². The Labute approximate surface area is 115 Å². The van der Waals surface area contributed by atoms with Gasteiger partial charge in [-0.15, -0.1) is 0 Å². The first-order valence-electron chi connectivity index (χ1n) is 6.91. The molecular weight excluding hydrogens is 259 g/mol. The Kier molecular flexibility index (Phi) is 5.35. The molecule has 1 aliphatic heterocycles. The van der Waals surface area contributed by atoms with E-state index in [0.717, 1.165) is 38.4 Å². The number of hydrogen-bond acceptors (Lipinski definition) is 3. The predicted molar refractivity (Wildman–Crippen MR) is 79.1 cm³/mol. The second-order valence-electron chi connectivity index (χ2n) is 4.83. The summed E-state index contributed by atoms with van der Waals surface area (Å²) in [4.78, 5) is 11.9. The van der Waals surface area contributed by atoms with Gasteiger partial charge in [-0.3, -0.25) is 4.79 Å². The third-order valence-corrected chi connectivity index (χ3v) is 5.87. The lowest BCUT2D eigenvalue weighted by Crippen LogP contribution is -2.19. The zero-order chi connectivity index (χ0) is 13.7. The molecule has 19 heavy (non-hydrogen) atoms. The molecule has 0 spiro atoms. The number of rotatable bonds is 5. The van der Waals surface area contributed by atoms with E-state index < -0.39 is 0 Å². The molecule has 0 amide bonds. The van der Waals surface area contributed by atoms with Crippen molar-refractivity contribution in [3.05, 3.63) is 23.8 Å². The van der Waals surface area contributed by atoms with Gasteiger partial charge in [-0.25, -0.2) is 0 Å². The molecule has 0 bridgehead atoms. The van der Waals surface area contributed by atoms with Crippen molar-refractivity contribution < 1.29 is 14.6 Å². The summed E-state index contributed by atoms with van der Waals surface area (Å²) in [5, 5.41) is 11.2. The average molecular weight is 280 g/mol. The number of phenols is 1. The fraction of sp³-hybridized carbons (Fsp3) is 0.533. The zero-order valence-corrected chi connectivity index (χ0v) is 12.3. The number of benzene rings is 1. The van der Waals surface area contributed by atoms with Gasteiger partial charge in [0.1, 0.15) is 5.75 Å². The van der Waals surface area contributed by atoms with E-state index in [1.165, 1.54) is 5.30 Å². The molecule has 0 saturated carbocycles. The van der Waals surface area contributed by atoms with Gasteiger partial charge in [0.25, 0.3) is 0 Å². The normalized spacial score (nSPS) is 16.5. The second kappa shape index (κ2) is 7.02. The number of Topliss-reactive ketones (excluding diaryl/α,β-unsaturated/α-hetero) is 1. The maximum Gasteiger partial charge on any atom is 0.166 e. The molecule has 0 atom stereocenters. The molecule has 104 valence electrons. The van der Waals surface area contributed by atoms with Gasteiger partial charge < -0.3 is 9.84 Å². The van der Waals surface area contributed by atoms with Crippen molar-refractivity contribution >= 4 is 19.0 Å². The van der Waals surface area contributed by atoms with Crippen molar-refractivity contribution in [1.82, 2.24) is 0 Å². The van der Waals surface area contributed by atoms with Crippen LogP contribution in [0.2, 0.25) is 0 Å². The van der Waals surface area contributed by atoms with Gasteiger partial charge in [-0.05, 0) is 36.2 Å². The first kappa shape index (κ1) is 14.5. The largest absolute Gasteiger partial charge is 0.507 e. The Bertz CT molecular complexity index is 439. The fourth-order valence-electron chi connectivity index (χ4n) is 2.25. The Balaban J connectivity index is 2.09. The molecule has 2 rings (SSSR count). The number of aromatic hydroxyl groups is 1. The fourth-order valence-corrected chi connectivity index (χ4v) is 4.28. The monoisotopic (exact) mass is 280 g/mol. The summed E-state index contributed by atoms with van der Waals surface area (Å²) in [6, 6.07) is 5.59. The van der Waals surface area contributed by atoms with E-state index in [-0.39, 0.29) is 19.5 Å². The quantitative estimate of drug-likeness (QED) is 0.666. The Morgan fingerprint density at radius 2 is 2.11 bits per heavy atom. The van der Waals surface area contributed by atoms with Crippen LogP contribution < -0.4 is 5.30 Å². The lowest BCUT2D eigenvalue weighted by atomic mass is 10.0. The van der Waals surface area contributed by atoms with Crippen molar-refractivity contribution in [3.8, 4) is 5.75 Å². The summed E-state index contributed by atoms with van der Waals surface area (Å²) in [5.74, 6) is 0.193. The topological polar surface area (TPSA) is 46.5 Å². The van der Waals surface area contributed by atoms with Crippen molar-refractivity contribution in [3.63, 3.8) is 0 Å². The van der Waals surface area contributed by atoms with Crippen LogP contribution in [0.3, 0.4) is 0 Å². The van der Waals surface area contributed by atoms with Crippen molar-refractivity contribution in [1.29, 1.82) is 0 Å². The molecule has 0 aromatic heterocycles. The number of ketones is 1. The first-order chi connectivity index (χ1) is 9.22. The predicted octanol–water partition coefficient (Wildman–Crippen LogP) is 2.90. The minimum atomic E-state index is -0.222. The van der Waals surface area contributed by atoms with Gasteiger partial charge in [0, 0.05) is 6.42 Å². The Hall–Kier alpha value is -0.920. The minimum absolute atomic E-state index is 0.0469. The number of phenolic OH excluding ortho intramolecular Hbond substituents is 1. The van der Waals surface area contributed by atoms with Gasteiger partial charge in [-0.2, -0.15) is 0 Å². The summed E-state index contributed by atoms with van der Waals surface area (Å²) in [5.41, 5.74) is 0.473. The molecule has 0 unspecified atom stereocenters. The molecule has 0 radical (unpaired) electrons. The van der Waals surface area contributed by atoms with Gasteiger partial charge in [0.05, 0.1) is 18.8 Å². The number of hydrogen-bond donors (Lipinski definition) is 1. The highest BCUT2D eigenvalue weighted by atomic mass is 31.1. The van der Waals surface area contributed by atoms with E-state index in [1.54, 1.807) is 12.1 Å². The highest BCUT2D eigenvalue weighted by molar-refractivity contribution is 7.65. The summed E-state index contributed by atoms with van der Waals surface area (Å²) < 4.78 is 5.36. The van der Waals surface area contributed by atoms with E-state index in [0.29, 0.717) is 12.0 Å². The number of ether oxygens (including phenoxy) is 1. The van der Waals surface area contributed by atoms with E-state index in [2.05, 4.69) is 6.92 Å². The van der Waals surface area contributed by atoms with Gasteiger partial charge >= 0.3 is 0 Å². The Morgan fingerprint density at radius 1 is 1.37 bits per heavy atom. The maximum atomic E-state index is 11.9. The standard InChI is InChI=1S/C15H21O3P/c1-2-3-4-14(16)13-6-5-12(11-15(13)17)19-9-7-18-8-10-19/h5-6,11,17H,2-4,7-10H2,1H3. The second-order valence-corrected chi connectivity index (χ2v) is 7.32. The SMILES string of the molecule is CCCCC(=O)c1ccc(P2CCOCC2)cc1O. The van der Waals surface area contributed by atoms with Gasteiger partial charge in [0.2, 0.25) is 0 Å². The third kappa shape index (κ3) is 3.77. The maximum absolute atomic E-state index is 11.9. The summed E-state index contributed by atoms with van der Waals surface area (Å²) in [7, 11) is -0.222. The van der Waals surface area contributed by atoms with E-state index in [4.69, 9.17) is 4.74 Å². The van der Waals surface area contributed by atoms with Gasteiger partial charge in [0.15, 0.2) is 5.78 Å². The Morgan fingerprint density at radius 3 is 2.74 bits per heavy atom. The van der Waals surface area contributed by atoms with E-state index in [1.807, 2.05) is 6.07 Å². The van der Waals surface area contributed by atoms with Crippen LogP contribution in [0.4, 0.5) is 0 Å². The van der Waals surface area contributed by atoms with E-state index >= 15 is 0 Å². The van der Waals surface area contributed by atoms with Gasteiger partial charge in [-0.1, -0.05) is 27.3 Å². The highest BCUT2D eigenvalue weighted by Crippen LogP contribution is 2.37. The summed E-state index contributed by atoms with van der Waals surface area (Å²) in [6.45, 7) is 3.68. The molecular formula is C15H21O3P. The smallest absolute Gasteiger partial charge is 0.166 e. The molecule has 0 aliphatic carbocycles. The van der Waals surface area contributed by atoms with Crippen LogP contribution in [0.1, 0.15) is 36.5 Å².